The molecule has 1 aliphatic heterocycles. The van der Waals surface area contributed by atoms with E-state index in [2.05, 4.69) is 9.99 Å². The number of thiophene rings is 1. The van der Waals surface area contributed by atoms with Crippen LogP contribution in [0, 0.1) is 0 Å². The highest BCUT2D eigenvalue weighted by molar-refractivity contribution is 7.17. The summed E-state index contributed by atoms with van der Waals surface area (Å²) in [6.07, 6.45) is -5.23. The van der Waals surface area contributed by atoms with E-state index in [-0.39, 0.29) is 36.2 Å². The van der Waals surface area contributed by atoms with Gasteiger partial charge < -0.3 is 19.2 Å². The predicted molar refractivity (Wildman–Crippen MR) is 102 cm³/mol. The summed E-state index contributed by atoms with van der Waals surface area (Å²) in [6.45, 7) is 2.63. The lowest BCUT2D eigenvalue weighted by molar-refractivity contribution is -0.249. The van der Waals surface area contributed by atoms with Crippen LogP contribution in [0.1, 0.15) is 18.7 Å². The number of halogens is 5. The Bertz CT molecular complexity index is 921. The van der Waals surface area contributed by atoms with Crippen LogP contribution < -0.4 is 4.90 Å². The Balaban J connectivity index is 2.33. The summed E-state index contributed by atoms with van der Waals surface area (Å²) < 4.78 is 75.1. The van der Waals surface area contributed by atoms with Crippen LogP contribution >= 0.6 is 11.3 Å². The number of rotatable bonds is 9. The van der Waals surface area contributed by atoms with Gasteiger partial charge in [0.25, 0.3) is 0 Å². The van der Waals surface area contributed by atoms with E-state index >= 15 is 0 Å². The van der Waals surface area contributed by atoms with Crippen LogP contribution in [0.3, 0.4) is 0 Å². The standard InChI is InChI=1S/C18H17F5N2O6S/c1-3-29-13(26)8-25(9-14(27)30-4-2)12-6-5-10(32-12)7-11-15(24-31-16(11)28)17(19,20)18(21,22)23/h5-7H,3-4,8-9H2,1-2H3. The van der Waals surface area contributed by atoms with E-state index < -0.39 is 41.3 Å². The van der Waals surface area contributed by atoms with Crippen molar-refractivity contribution in [1.82, 2.24) is 0 Å². The van der Waals surface area contributed by atoms with Crippen molar-refractivity contribution in [2.75, 3.05) is 31.2 Å². The Hall–Kier alpha value is -3.03. The average molecular weight is 484 g/mol. The first-order chi connectivity index (χ1) is 14.9. The number of nitrogens with zero attached hydrogens (tertiary/aromatic N) is 2. The molecule has 8 nitrogen and oxygen atoms in total. The van der Waals surface area contributed by atoms with Crippen LogP contribution in [0.25, 0.3) is 6.08 Å². The zero-order valence-corrected chi connectivity index (χ0v) is 17.5. The van der Waals surface area contributed by atoms with Crippen molar-refractivity contribution in [2.45, 2.75) is 25.9 Å². The zero-order valence-electron chi connectivity index (χ0n) is 16.7. The molecule has 0 radical (unpaired) electrons. The van der Waals surface area contributed by atoms with E-state index in [0.717, 1.165) is 17.4 Å². The van der Waals surface area contributed by atoms with Crippen molar-refractivity contribution in [3.63, 3.8) is 0 Å². The average Bonchev–Trinajstić information content (AvgIpc) is 3.28. The van der Waals surface area contributed by atoms with Gasteiger partial charge in [-0.15, -0.1) is 11.3 Å². The normalized spacial score (nSPS) is 15.4. The largest absolute Gasteiger partial charge is 0.465 e. The van der Waals surface area contributed by atoms with Gasteiger partial charge in [-0.05, 0) is 32.1 Å². The van der Waals surface area contributed by atoms with Crippen LogP contribution in [0.4, 0.5) is 27.0 Å². The molecule has 0 amide bonds. The number of hydrogen-bond donors (Lipinski definition) is 0. The molecule has 0 saturated carbocycles. The molecular weight excluding hydrogens is 467 g/mol. The van der Waals surface area contributed by atoms with Gasteiger partial charge >= 0.3 is 30.0 Å². The van der Waals surface area contributed by atoms with Gasteiger partial charge in [0, 0.05) is 4.88 Å². The van der Waals surface area contributed by atoms with Crippen LogP contribution in [-0.2, 0) is 28.7 Å². The van der Waals surface area contributed by atoms with E-state index in [9.17, 15) is 36.3 Å². The van der Waals surface area contributed by atoms with Gasteiger partial charge in [0.2, 0.25) is 0 Å². The highest BCUT2D eigenvalue weighted by Gasteiger charge is 2.64. The van der Waals surface area contributed by atoms with Crippen LogP contribution in [-0.4, -0.2) is 62.0 Å². The molecule has 1 aromatic rings. The summed E-state index contributed by atoms with van der Waals surface area (Å²) in [5.41, 5.74) is -2.93. The van der Waals surface area contributed by atoms with Gasteiger partial charge in [-0.25, -0.2) is 4.79 Å². The second-order valence-electron chi connectivity index (χ2n) is 6.09. The van der Waals surface area contributed by atoms with E-state index in [1.165, 1.54) is 17.0 Å². The minimum atomic E-state index is -5.99. The Morgan fingerprint density at radius 3 is 2.16 bits per heavy atom. The number of carbonyl (C=O) groups is 3. The third-order valence-corrected chi connectivity index (χ3v) is 4.90. The molecule has 1 aromatic heterocycles. The summed E-state index contributed by atoms with van der Waals surface area (Å²) in [6, 6.07) is 2.68. The second kappa shape index (κ2) is 10.1. The minimum Gasteiger partial charge on any atom is -0.465 e. The van der Waals surface area contributed by atoms with Crippen LogP contribution in [0.15, 0.2) is 22.9 Å². The molecule has 0 atom stereocenters. The van der Waals surface area contributed by atoms with Gasteiger partial charge in [-0.1, -0.05) is 5.16 Å². The van der Waals surface area contributed by atoms with Gasteiger partial charge in [0.1, 0.15) is 13.1 Å². The molecule has 0 saturated heterocycles. The fourth-order valence-electron chi connectivity index (χ4n) is 2.44. The monoisotopic (exact) mass is 484 g/mol. The van der Waals surface area contributed by atoms with Crippen molar-refractivity contribution in [3.8, 4) is 0 Å². The SMILES string of the molecule is CCOC(=O)CN(CC(=O)OCC)c1ccc(C=C2C(=O)ON=C2C(F)(F)C(F)(F)F)s1. The van der Waals surface area contributed by atoms with Crippen molar-refractivity contribution in [3.05, 3.63) is 22.6 Å². The van der Waals surface area contributed by atoms with Gasteiger partial charge in [-0.3, -0.25) is 9.59 Å². The van der Waals surface area contributed by atoms with Crippen molar-refractivity contribution < 1.29 is 50.6 Å². The number of ether oxygens (including phenoxy) is 2. The maximum absolute atomic E-state index is 13.7. The molecule has 2 rings (SSSR count). The number of hydrogen-bond acceptors (Lipinski definition) is 9. The maximum atomic E-state index is 13.7. The second-order valence-corrected chi connectivity index (χ2v) is 7.18. The molecule has 176 valence electrons. The Kier molecular flexibility index (Phi) is 7.93. The molecule has 0 spiro atoms. The fraction of sp³-hybridized carbons (Fsp3) is 0.444. The summed E-state index contributed by atoms with van der Waals surface area (Å²) >= 11 is 0.815. The topological polar surface area (TPSA) is 94.5 Å². The molecule has 0 aromatic carbocycles. The van der Waals surface area contributed by atoms with Crippen LogP contribution in [0.2, 0.25) is 0 Å². The van der Waals surface area contributed by atoms with Crippen molar-refractivity contribution >= 4 is 46.0 Å². The molecule has 2 heterocycles. The maximum Gasteiger partial charge on any atom is 0.459 e. The lowest BCUT2D eigenvalue weighted by atomic mass is 10.0. The molecule has 0 aliphatic carbocycles. The van der Waals surface area contributed by atoms with Crippen molar-refractivity contribution in [1.29, 1.82) is 0 Å². The van der Waals surface area contributed by atoms with E-state index in [1.54, 1.807) is 13.8 Å². The lowest BCUT2D eigenvalue weighted by Gasteiger charge is -2.20. The quantitative estimate of drug-likeness (QED) is 0.230. The first kappa shape index (κ1) is 25.2. The highest BCUT2D eigenvalue weighted by atomic mass is 32.1. The molecule has 0 bridgehead atoms. The smallest absolute Gasteiger partial charge is 0.459 e. The third-order valence-electron chi connectivity index (χ3n) is 3.81. The third kappa shape index (κ3) is 5.81. The summed E-state index contributed by atoms with van der Waals surface area (Å²) in [5, 5.41) is 2.86. The van der Waals surface area contributed by atoms with Gasteiger partial charge in [0.05, 0.1) is 23.8 Å². The molecular formula is C18H17F5N2O6S. The van der Waals surface area contributed by atoms with Gasteiger partial charge in [-0.2, -0.15) is 22.0 Å². The Morgan fingerprint density at radius 1 is 1.09 bits per heavy atom. The first-order valence-corrected chi connectivity index (χ1v) is 9.84. The van der Waals surface area contributed by atoms with Crippen molar-refractivity contribution in [2.24, 2.45) is 5.16 Å². The molecule has 1 aliphatic rings. The number of anilines is 1. The van der Waals surface area contributed by atoms with E-state index in [4.69, 9.17) is 9.47 Å². The summed E-state index contributed by atoms with van der Waals surface area (Å²) in [4.78, 5) is 40.8. The molecule has 0 unspecified atom stereocenters. The summed E-state index contributed by atoms with van der Waals surface area (Å²) in [5.74, 6) is -8.22. The van der Waals surface area contributed by atoms with E-state index in [0.29, 0.717) is 0 Å². The number of carbonyl (C=O) groups excluding carboxylic acids is 3. The first-order valence-electron chi connectivity index (χ1n) is 9.03. The summed E-state index contributed by atoms with van der Waals surface area (Å²) in [7, 11) is 0. The Morgan fingerprint density at radius 2 is 1.66 bits per heavy atom. The number of oxime groups is 1. The molecule has 14 heteroatoms. The van der Waals surface area contributed by atoms with E-state index in [1.807, 2.05) is 0 Å². The Labute approximate surface area is 182 Å². The molecule has 0 N–H and O–H groups in total. The molecule has 0 fully saturated rings. The highest BCUT2D eigenvalue weighted by Crippen LogP contribution is 2.41. The number of alkyl halides is 5. The fourth-order valence-corrected chi connectivity index (χ4v) is 3.39. The van der Waals surface area contributed by atoms with Gasteiger partial charge in [0.15, 0.2) is 5.71 Å². The molecule has 32 heavy (non-hydrogen) atoms. The zero-order chi connectivity index (χ0) is 24.1. The predicted octanol–water partition coefficient (Wildman–Crippen LogP) is 3.17. The number of esters is 2. The van der Waals surface area contributed by atoms with Crippen LogP contribution in [0.5, 0.6) is 0 Å². The lowest BCUT2D eigenvalue weighted by Crippen LogP contribution is -2.44. The minimum absolute atomic E-state index is 0.0669.